The maximum absolute atomic E-state index is 11.5. The molecule has 3 aromatic rings. The molecule has 0 fully saturated rings. The van der Waals surface area contributed by atoms with Gasteiger partial charge in [-0.2, -0.15) is 0 Å². The maximum Gasteiger partial charge on any atom is 0.296 e. The molecule has 1 aliphatic heterocycles. The van der Waals surface area contributed by atoms with Gasteiger partial charge < -0.3 is 19.8 Å². The Balaban J connectivity index is 1.68. The number of anilines is 2. The van der Waals surface area contributed by atoms with Crippen molar-refractivity contribution in [3.8, 4) is 5.75 Å². The molecule has 4 rings (SSSR count). The van der Waals surface area contributed by atoms with Crippen LogP contribution >= 0.6 is 0 Å². The first-order valence-electron chi connectivity index (χ1n) is 8.01. The van der Waals surface area contributed by atoms with Gasteiger partial charge in [-0.3, -0.25) is 14.9 Å². The quantitative estimate of drug-likeness (QED) is 0.545. The van der Waals surface area contributed by atoms with Crippen LogP contribution in [0, 0.1) is 10.1 Å². The van der Waals surface area contributed by atoms with Crippen molar-refractivity contribution in [2.45, 2.75) is 13.0 Å². The number of nitrogens with zero attached hydrogens (tertiary/aromatic N) is 1. The van der Waals surface area contributed by atoms with E-state index in [9.17, 15) is 14.9 Å². The minimum absolute atomic E-state index is 0.136. The largest absolute Gasteiger partial charge is 0.481 e. The van der Waals surface area contributed by atoms with E-state index in [1.54, 1.807) is 0 Å². The Kier molecular flexibility index (Phi) is 3.72. The molecule has 8 heteroatoms. The number of ether oxygens (including phenoxy) is 1. The highest BCUT2D eigenvalue weighted by atomic mass is 16.6. The molecule has 0 saturated heterocycles. The molecular formula is C18H15N3O5. The number of rotatable bonds is 4. The van der Waals surface area contributed by atoms with Crippen molar-refractivity contribution in [2.24, 2.45) is 0 Å². The zero-order chi connectivity index (χ0) is 18.3. The summed E-state index contributed by atoms with van der Waals surface area (Å²) in [5, 5.41) is 18.1. The number of hydrogen-bond acceptors (Lipinski definition) is 6. The Morgan fingerprint density at radius 1 is 1.27 bits per heavy atom. The number of nitro benzene ring substituents is 1. The van der Waals surface area contributed by atoms with Gasteiger partial charge in [0.1, 0.15) is 17.0 Å². The summed E-state index contributed by atoms with van der Waals surface area (Å²) in [6.07, 6.45) is 0. The van der Waals surface area contributed by atoms with Gasteiger partial charge in [0, 0.05) is 5.39 Å². The van der Waals surface area contributed by atoms with Crippen LogP contribution in [-0.2, 0) is 4.79 Å². The zero-order valence-electron chi connectivity index (χ0n) is 13.8. The third-order valence-electron chi connectivity index (χ3n) is 4.17. The lowest BCUT2D eigenvalue weighted by atomic mass is 10.1. The molecule has 132 valence electrons. The van der Waals surface area contributed by atoms with Crippen LogP contribution in [0.1, 0.15) is 18.7 Å². The Morgan fingerprint density at radius 3 is 2.85 bits per heavy atom. The molecule has 0 unspecified atom stereocenters. The number of furan rings is 1. The molecule has 0 aliphatic carbocycles. The number of benzene rings is 2. The van der Waals surface area contributed by atoms with E-state index < -0.39 is 4.92 Å². The second-order valence-electron chi connectivity index (χ2n) is 6.01. The number of nitro groups is 1. The molecular weight excluding hydrogens is 338 g/mol. The van der Waals surface area contributed by atoms with Gasteiger partial charge in [-0.15, -0.1) is 0 Å². The minimum Gasteiger partial charge on any atom is -0.481 e. The molecule has 0 spiro atoms. The van der Waals surface area contributed by atoms with Crippen molar-refractivity contribution >= 4 is 33.9 Å². The van der Waals surface area contributed by atoms with Gasteiger partial charge in [-0.25, -0.2) is 0 Å². The smallest absolute Gasteiger partial charge is 0.296 e. The van der Waals surface area contributed by atoms with Crippen LogP contribution in [-0.4, -0.2) is 17.4 Å². The molecule has 2 heterocycles. The average Bonchev–Trinajstić information content (AvgIpc) is 3.05. The second-order valence-corrected chi connectivity index (χ2v) is 6.01. The SMILES string of the molecule is C[C@@H](Nc1cc2c(cc1[N+](=O)[O-])OCC(=O)N2)c1cc2ccccc2o1. The molecule has 26 heavy (non-hydrogen) atoms. The summed E-state index contributed by atoms with van der Waals surface area (Å²) in [7, 11) is 0. The number of carbonyl (C=O) groups excluding carboxylic acids is 1. The number of fused-ring (bicyclic) bond motifs is 2. The molecule has 0 radical (unpaired) electrons. The van der Waals surface area contributed by atoms with Crippen LogP contribution in [0.5, 0.6) is 5.75 Å². The lowest BCUT2D eigenvalue weighted by molar-refractivity contribution is -0.384. The van der Waals surface area contributed by atoms with E-state index in [-0.39, 0.29) is 35.7 Å². The van der Waals surface area contributed by atoms with Gasteiger partial charge in [-0.1, -0.05) is 18.2 Å². The fraction of sp³-hybridized carbons (Fsp3) is 0.167. The average molecular weight is 353 g/mol. The summed E-state index contributed by atoms with van der Waals surface area (Å²) in [4.78, 5) is 22.4. The van der Waals surface area contributed by atoms with Crippen LogP contribution in [0.25, 0.3) is 11.0 Å². The highest BCUT2D eigenvalue weighted by molar-refractivity contribution is 5.96. The molecule has 2 aromatic carbocycles. The number of carbonyl (C=O) groups is 1. The lowest BCUT2D eigenvalue weighted by Crippen LogP contribution is -2.25. The third kappa shape index (κ3) is 2.81. The highest BCUT2D eigenvalue weighted by Crippen LogP contribution is 2.39. The van der Waals surface area contributed by atoms with E-state index >= 15 is 0 Å². The van der Waals surface area contributed by atoms with Crippen molar-refractivity contribution < 1.29 is 18.9 Å². The normalized spacial score (nSPS) is 14.3. The summed E-state index contributed by atoms with van der Waals surface area (Å²) in [5.41, 5.74) is 1.28. The van der Waals surface area contributed by atoms with E-state index in [1.807, 2.05) is 37.3 Å². The van der Waals surface area contributed by atoms with Gasteiger partial charge in [0.15, 0.2) is 12.4 Å². The molecule has 1 aromatic heterocycles. The Hall–Kier alpha value is -3.55. The van der Waals surface area contributed by atoms with Crippen LogP contribution in [0.3, 0.4) is 0 Å². The van der Waals surface area contributed by atoms with E-state index in [0.29, 0.717) is 11.4 Å². The topological polar surface area (TPSA) is 107 Å². The summed E-state index contributed by atoms with van der Waals surface area (Å²) in [6.45, 7) is 1.68. The summed E-state index contributed by atoms with van der Waals surface area (Å²) < 4.78 is 11.1. The van der Waals surface area contributed by atoms with Crippen LogP contribution in [0.15, 0.2) is 46.9 Å². The van der Waals surface area contributed by atoms with Crippen LogP contribution in [0.4, 0.5) is 17.1 Å². The van der Waals surface area contributed by atoms with Crippen molar-refractivity contribution in [3.05, 3.63) is 58.3 Å². The van der Waals surface area contributed by atoms with Gasteiger partial charge in [0.25, 0.3) is 11.6 Å². The van der Waals surface area contributed by atoms with Gasteiger partial charge in [0.2, 0.25) is 0 Å². The molecule has 0 bridgehead atoms. The Morgan fingerprint density at radius 2 is 2.08 bits per heavy atom. The Bertz CT molecular complexity index is 994. The molecule has 1 aliphatic rings. The van der Waals surface area contributed by atoms with Gasteiger partial charge in [-0.05, 0) is 25.1 Å². The lowest BCUT2D eigenvalue weighted by Gasteiger charge is -2.20. The zero-order valence-corrected chi connectivity index (χ0v) is 13.8. The van der Waals surface area contributed by atoms with E-state index in [2.05, 4.69) is 10.6 Å². The molecule has 1 atom stereocenters. The van der Waals surface area contributed by atoms with E-state index in [1.165, 1.54) is 12.1 Å². The van der Waals surface area contributed by atoms with Crippen LogP contribution in [0.2, 0.25) is 0 Å². The molecule has 1 amide bonds. The standard InChI is InChI=1S/C18H15N3O5/c1-10(16-6-11-4-2-3-5-15(11)26-16)19-12-7-13-17(8-14(12)21(23)24)25-9-18(22)20-13/h2-8,10,19H,9H2,1H3,(H,20,22)/t10-/m1/s1. The van der Waals surface area contributed by atoms with Gasteiger partial charge in [0.05, 0.1) is 22.7 Å². The predicted octanol–water partition coefficient (Wildman–Crippen LogP) is 3.85. The number of amides is 1. The van der Waals surface area contributed by atoms with Crippen LogP contribution < -0.4 is 15.4 Å². The molecule has 0 saturated carbocycles. The fourth-order valence-corrected chi connectivity index (χ4v) is 2.90. The number of hydrogen-bond donors (Lipinski definition) is 2. The summed E-state index contributed by atoms with van der Waals surface area (Å²) in [6, 6.07) is 12.0. The van der Waals surface area contributed by atoms with E-state index in [0.717, 1.165) is 11.0 Å². The maximum atomic E-state index is 11.5. The van der Waals surface area contributed by atoms with Crippen molar-refractivity contribution in [1.29, 1.82) is 0 Å². The summed E-state index contributed by atoms with van der Waals surface area (Å²) >= 11 is 0. The first-order chi connectivity index (χ1) is 12.5. The monoisotopic (exact) mass is 353 g/mol. The van der Waals surface area contributed by atoms with Crippen molar-refractivity contribution in [3.63, 3.8) is 0 Å². The highest BCUT2D eigenvalue weighted by Gasteiger charge is 2.25. The second kappa shape index (κ2) is 6.07. The van der Waals surface area contributed by atoms with E-state index in [4.69, 9.17) is 9.15 Å². The third-order valence-corrected chi connectivity index (χ3v) is 4.17. The van der Waals surface area contributed by atoms with Crippen molar-refractivity contribution in [1.82, 2.24) is 0 Å². The first-order valence-corrected chi connectivity index (χ1v) is 8.01. The molecule has 2 N–H and O–H groups in total. The Labute approximate surface area is 147 Å². The van der Waals surface area contributed by atoms with Crippen molar-refractivity contribution in [2.75, 3.05) is 17.2 Å². The number of para-hydroxylation sites is 1. The van der Waals surface area contributed by atoms with Gasteiger partial charge >= 0.3 is 0 Å². The predicted molar refractivity (Wildman–Crippen MR) is 95.5 cm³/mol. The minimum atomic E-state index is -0.492. The number of nitrogens with one attached hydrogen (secondary N) is 2. The molecule has 8 nitrogen and oxygen atoms in total. The first kappa shape index (κ1) is 15.9. The summed E-state index contributed by atoms with van der Waals surface area (Å²) in [5.74, 6) is 0.624. The fourth-order valence-electron chi connectivity index (χ4n) is 2.90.